The summed E-state index contributed by atoms with van der Waals surface area (Å²) in [6, 6.07) is -1.25. The van der Waals surface area contributed by atoms with Crippen LogP contribution < -0.4 is 16.6 Å². The van der Waals surface area contributed by atoms with Gasteiger partial charge in [0, 0.05) is 20.3 Å². The zero-order chi connectivity index (χ0) is 17.3. The van der Waals surface area contributed by atoms with Crippen molar-refractivity contribution in [2.75, 3.05) is 13.2 Å². The number of aromatic nitrogens is 2. The molecule has 23 heavy (non-hydrogen) atoms. The fraction of sp³-hybridized carbons (Fsp3) is 0.615. The quantitative estimate of drug-likeness (QED) is 0.357. The highest BCUT2D eigenvalue weighted by molar-refractivity contribution is 5.81. The standard InChI is InChI=1S/C13H20N4O6/c1-16-11(21)6(12(22)17(2)13(16)23)3-14-4-7-9(19)10(20)8(5-18)15-7/h3,7-10,15,18-21H,4-5H2,1-2H3/t7-,8-,9-,10-/m1/s1. The van der Waals surface area contributed by atoms with Gasteiger partial charge in [0.15, 0.2) is 0 Å². The van der Waals surface area contributed by atoms with Crippen LogP contribution in [0.15, 0.2) is 14.6 Å². The van der Waals surface area contributed by atoms with Crippen molar-refractivity contribution in [3.05, 3.63) is 26.4 Å². The fourth-order valence-corrected chi connectivity index (χ4v) is 2.50. The van der Waals surface area contributed by atoms with Crippen LogP contribution in [0.5, 0.6) is 5.88 Å². The van der Waals surface area contributed by atoms with E-state index >= 15 is 0 Å². The number of aliphatic hydroxyl groups excluding tert-OH is 3. The van der Waals surface area contributed by atoms with Crippen LogP contribution in [0.25, 0.3) is 0 Å². The first-order valence-electron chi connectivity index (χ1n) is 7.01. The second-order valence-electron chi connectivity index (χ2n) is 5.48. The molecule has 0 saturated carbocycles. The van der Waals surface area contributed by atoms with E-state index in [2.05, 4.69) is 10.3 Å². The van der Waals surface area contributed by atoms with Gasteiger partial charge >= 0.3 is 5.69 Å². The van der Waals surface area contributed by atoms with Crippen LogP contribution in [-0.4, -0.2) is 73.2 Å². The predicted octanol–water partition coefficient (Wildman–Crippen LogP) is -3.74. The van der Waals surface area contributed by atoms with Gasteiger partial charge in [-0.2, -0.15) is 0 Å². The van der Waals surface area contributed by atoms with Crippen molar-refractivity contribution < 1.29 is 20.4 Å². The highest BCUT2D eigenvalue weighted by atomic mass is 16.3. The molecule has 128 valence electrons. The van der Waals surface area contributed by atoms with E-state index in [1.165, 1.54) is 14.1 Å². The molecule has 0 spiro atoms. The number of hydrogen-bond acceptors (Lipinski definition) is 8. The number of nitrogens with one attached hydrogen (secondary N) is 1. The summed E-state index contributed by atoms with van der Waals surface area (Å²) in [7, 11) is 2.60. The van der Waals surface area contributed by atoms with E-state index in [1.54, 1.807) is 0 Å². The molecule has 0 bridgehead atoms. The highest BCUT2D eigenvalue weighted by Crippen LogP contribution is 2.14. The summed E-state index contributed by atoms with van der Waals surface area (Å²) in [6.07, 6.45) is -1.11. The van der Waals surface area contributed by atoms with Crippen LogP contribution in [-0.2, 0) is 14.1 Å². The maximum absolute atomic E-state index is 12.0. The van der Waals surface area contributed by atoms with Crippen LogP contribution >= 0.6 is 0 Å². The average molecular weight is 328 g/mol. The Morgan fingerprint density at radius 1 is 1.17 bits per heavy atom. The summed E-state index contributed by atoms with van der Waals surface area (Å²) in [6.45, 7) is -0.319. The van der Waals surface area contributed by atoms with E-state index in [1.807, 2.05) is 0 Å². The van der Waals surface area contributed by atoms with Crippen molar-refractivity contribution in [3.8, 4) is 5.88 Å². The summed E-state index contributed by atoms with van der Waals surface area (Å²) in [5, 5.41) is 41.3. The van der Waals surface area contributed by atoms with Crippen LogP contribution in [0.3, 0.4) is 0 Å². The molecule has 10 heteroatoms. The lowest BCUT2D eigenvalue weighted by Crippen LogP contribution is -2.39. The van der Waals surface area contributed by atoms with Crippen molar-refractivity contribution in [3.63, 3.8) is 0 Å². The molecule has 1 aliphatic rings. The molecule has 5 N–H and O–H groups in total. The fourth-order valence-electron chi connectivity index (χ4n) is 2.50. The van der Waals surface area contributed by atoms with Gasteiger partial charge in [0.1, 0.15) is 5.56 Å². The molecule has 2 rings (SSSR count). The van der Waals surface area contributed by atoms with Crippen molar-refractivity contribution in [2.45, 2.75) is 24.3 Å². The normalized spacial score (nSPS) is 27.9. The topological polar surface area (TPSA) is 149 Å². The Hall–Kier alpha value is -2.01. The Kier molecular flexibility index (Phi) is 5.00. The molecule has 4 atom stereocenters. The maximum atomic E-state index is 12.0. The number of aromatic hydroxyl groups is 1. The SMILES string of the molecule is Cn1c(O)c(C=NC[C@H]2N[C@H](CO)[C@@H](O)[C@@H]2O)c(=O)n(C)c1=O. The van der Waals surface area contributed by atoms with Crippen LogP contribution in [0.2, 0.25) is 0 Å². The van der Waals surface area contributed by atoms with Crippen molar-refractivity contribution >= 4 is 6.21 Å². The number of aliphatic hydroxyl groups is 3. The summed E-state index contributed by atoms with van der Waals surface area (Å²) >= 11 is 0. The number of hydrogen-bond donors (Lipinski definition) is 5. The Labute approximate surface area is 131 Å². The predicted molar refractivity (Wildman–Crippen MR) is 80.9 cm³/mol. The van der Waals surface area contributed by atoms with Crippen LogP contribution in [0, 0.1) is 0 Å². The third kappa shape index (κ3) is 3.06. The van der Waals surface area contributed by atoms with Gasteiger partial charge in [-0.25, -0.2) is 4.79 Å². The summed E-state index contributed by atoms with van der Waals surface area (Å²) in [5.74, 6) is -0.505. The van der Waals surface area contributed by atoms with E-state index in [0.29, 0.717) is 0 Å². The molecule has 2 heterocycles. The van der Waals surface area contributed by atoms with Gasteiger partial charge in [-0.1, -0.05) is 0 Å². The molecule has 1 aromatic rings. The third-order valence-corrected chi connectivity index (χ3v) is 3.99. The first-order valence-corrected chi connectivity index (χ1v) is 7.01. The average Bonchev–Trinajstić information content (AvgIpc) is 2.82. The van der Waals surface area contributed by atoms with Gasteiger partial charge < -0.3 is 25.7 Å². The zero-order valence-electron chi connectivity index (χ0n) is 12.7. The Morgan fingerprint density at radius 3 is 2.35 bits per heavy atom. The maximum Gasteiger partial charge on any atom is 0.333 e. The van der Waals surface area contributed by atoms with E-state index < -0.39 is 41.4 Å². The molecular weight excluding hydrogens is 308 g/mol. The lowest BCUT2D eigenvalue weighted by molar-refractivity contribution is 0.0206. The van der Waals surface area contributed by atoms with Gasteiger partial charge in [0.05, 0.1) is 37.4 Å². The van der Waals surface area contributed by atoms with E-state index in [0.717, 1.165) is 15.3 Å². The van der Waals surface area contributed by atoms with Crippen molar-refractivity contribution in [2.24, 2.45) is 19.1 Å². The van der Waals surface area contributed by atoms with Gasteiger partial charge in [0.2, 0.25) is 5.88 Å². The van der Waals surface area contributed by atoms with Crippen LogP contribution in [0.4, 0.5) is 0 Å². The minimum Gasteiger partial charge on any atom is -0.494 e. The van der Waals surface area contributed by atoms with Gasteiger partial charge in [-0.3, -0.25) is 18.9 Å². The Balaban J connectivity index is 2.20. The van der Waals surface area contributed by atoms with Crippen molar-refractivity contribution in [1.29, 1.82) is 0 Å². The Bertz CT molecular complexity index is 724. The molecule has 0 unspecified atom stereocenters. The van der Waals surface area contributed by atoms with E-state index in [9.17, 15) is 24.9 Å². The molecule has 10 nitrogen and oxygen atoms in total. The molecular formula is C13H20N4O6. The molecule has 0 aliphatic carbocycles. The second-order valence-corrected chi connectivity index (χ2v) is 5.48. The lowest BCUT2D eigenvalue weighted by Gasteiger charge is -2.13. The summed E-state index contributed by atoms with van der Waals surface area (Å²) < 4.78 is 1.76. The largest absolute Gasteiger partial charge is 0.494 e. The molecule has 1 fully saturated rings. The molecule has 0 amide bonds. The first-order chi connectivity index (χ1) is 10.8. The smallest absolute Gasteiger partial charge is 0.333 e. The highest BCUT2D eigenvalue weighted by Gasteiger charge is 2.40. The van der Waals surface area contributed by atoms with Gasteiger partial charge in [0.25, 0.3) is 5.56 Å². The first kappa shape index (κ1) is 17.3. The Morgan fingerprint density at radius 2 is 1.78 bits per heavy atom. The minimum atomic E-state index is -1.11. The van der Waals surface area contributed by atoms with Gasteiger partial charge in [-0.15, -0.1) is 0 Å². The van der Waals surface area contributed by atoms with E-state index in [-0.39, 0.29) is 18.7 Å². The number of rotatable bonds is 4. The monoisotopic (exact) mass is 328 g/mol. The zero-order valence-corrected chi connectivity index (χ0v) is 12.7. The second kappa shape index (κ2) is 6.62. The third-order valence-electron chi connectivity index (χ3n) is 3.99. The summed E-state index contributed by atoms with van der Waals surface area (Å²) in [4.78, 5) is 27.6. The minimum absolute atomic E-state index is 0.0140. The lowest BCUT2D eigenvalue weighted by atomic mass is 10.1. The molecule has 0 aromatic carbocycles. The molecule has 0 radical (unpaired) electrons. The van der Waals surface area contributed by atoms with E-state index in [4.69, 9.17) is 5.11 Å². The molecule has 1 aromatic heterocycles. The summed E-state index contributed by atoms with van der Waals surface area (Å²) in [5.41, 5.74) is -1.50. The molecule has 1 saturated heterocycles. The van der Waals surface area contributed by atoms with Crippen LogP contribution in [0.1, 0.15) is 5.56 Å². The van der Waals surface area contributed by atoms with Gasteiger partial charge in [-0.05, 0) is 0 Å². The number of nitrogens with zero attached hydrogens (tertiary/aromatic N) is 3. The van der Waals surface area contributed by atoms with Crippen molar-refractivity contribution in [1.82, 2.24) is 14.5 Å². The number of aliphatic imine (C=N–C) groups is 1. The molecule has 1 aliphatic heterocycles.